The molecule has 0 saturated heterocycles. The second-order valence-electron chi connectivity index (χ2n) is 6.68. The molecule has 0 aliphatic rings. The molecule has 2 aromatic carbocycles. The number of methoxy groups -OCH3 is 3. The molecule has 0 aliphatic heterocycles. The van der Waals surface area contributed by atoms with Gasteiger partial charge in [0.05, 0.1) is 26.8 Å². The van der Waals surface area contributed by atoms with Crippen molar-refractivity contribution >= 4 is 11.2 Å². The molecular weight excluding hydrogens is 366 g/mol. The molecule has 6 heteroatoms. The lowest BCUT2D eigenvalue weighted by Crippen LogP contribution is -1.99. The van der Waals surface area contributed by atoms with Crippen molar-refractivity contribution < 1.29 is 14.2 Å². The van der Waals surface area contributed by atoms with Crippen LogP contribution >= 0.6 is 0 Å². The Balaban J connectivity index is 1.56. The number of imidazole rings is 1. The zero-order valence-electron chi connectivity index (χ0n) is 16.7. The maximum absolute atomic E-state index is 5.44. The number of nitrogens with one attached hydrogen (secondary N) is 1. The van der Waals surface area contributed by atoms with E-state index in [1.807, 2.05) is 36.5 Å². The number of aromatic amines is 1. The zero-order valence-corrected chi connectivity index (χ0v) is 16.7. The first-order valence-electron chi connectivity index (χ1n) is 9.40. The van der Waals surface area contributed by atoms with Gasteiger partial charge in [-0.3, -0.25) is 0 Å². The zero-order chi connectivity index (χ0) is 20.2. The first kappa shape index (κ1) is 18.8. The molecule has 0 saturated carbocycles. The van der Waals surface area contributed by atoms with Crippen molar-refractivity contribution in [2.24, 2.45) is 0 Å². The summed E-state index contributed by atoms with van der Waals surface area (Å²) < 4.78 is 16.3. The Hall–Kier alpha value is -3.54. The van der Waals surface area contributed by atoms with Crippen molar-refractivity contribution in [1.82, 2.24) is 15.0 Å². The number of benzene rings is 2. The van der Waals surface area contributed by atoms with Crippen LogP contribution in [-0.2, 0) is 12.8 Å². The summed E-state index contributed by atoms with van der Waals surface area (Å²) in [5.41, 5.74) is 4.95. The Morgan fingerprint density at radius 2 is 1.55 bits per heavy atom. The fraction of sp³-hybridized carbons (Fsp3) is 0.217. The number of aromatic nitrogens is 3. The highest BCUT2D eigenvalue weighted by Crippen LogP contribution is 2.38. The van der Waals surface area contributed by atoms with E-state index in [-0.39, 0.29) is 0 Å². The molecule has 1 N–H and O–H groups in total. The number of ether oxygens (including phenoxy) is 3. The minimum absolute atomic E-state index is 0.597. The molecule has 0 atom stereocenters. The van der Waals surface area contributed by atoms with Crippen LogP contribution in [0.4, 0.5) is 0 Å². The third-order valence-electron chi connectivity index (χ3n) is 4.87. The maximum atomic E-state index is 5.44. The predicted octanol–water partition coefficient (Wildman–Crippen LogP) is 4.44. The molecule has 0 unspecified atom stereocenters. The average Bonchev–Trinajstić information content (AvgIpc) is 3.19. The van der Waals surface area contributed by atoms with E-state index in [9.17, 15) is 0 Å². The summed E-state index contributed by atoms with van der Waals surface area (Å²) in [4.78, 5) is 12.5. The quantitative estimate of drug-likeness (QED) is 0.506. The van der Waals surface area contributed by atoms with Gasteiger partial charge in [-0.25, -0.2) is 9.97 Å². The normalized spacial score (nSPS) is 10.9. The van der Waals surface area contributed by atoms with E-state index in [1.54, 1.807) is 21.3 Å². The van der Waals surface area contributed by atoms with E-state index in [1.165, 1.54) is 0 Å². The summed E-state index contributed by atoms with van der Waals surface area (Å²) in [6.45, 7) is 0. The van der Waals surface area contributed by atoms with Crippen LogP contribution in [0.3, 0.4) is 0 Å². The molecule has 0 aliphatic carbocycles. The Kier molecular flexibility index (Phi) is 5.33. The topological polar surface area (TPSA) is 69.3 Å². The number of aryl methyl sites for hydroxylation is 2. The van der Waals surface area contributed by atoms with E-state index in [4.69, 9.17) is 14.2 Å². The molecule has 2 heterocycles. The molecule has 0 radical (unpaired) electrons. The maximum Gasteiger partial charge on any atom is 0.203 e. The van der Waals surface area contributed by atoms with Gasteiger partial charge in [-0.1, -0.05) is 30.3 Å². The third kappa shape index (κ3) is 3.87. The number of hydrogen-bond acceptors (Lipinski definition) is 5. The number of nitrogens with zero attached hydrogens (tertiary/aromatic N) is 2. The molecule has 29 heavy (non-hydrogen) atoms. The number of pyridine rings is 1. The summed E-state index contributed by atoms with van der Waals surface area (Å²) in [6.07, 6.45) is 3.39. The van der Waals surface area contributed by atoms with Gasteiger partial charge in [0.15, 0.2) is 17.1 Å². The molecule has 4 aromatic rings. The summed E-state index contributed by atoms with van der Waals surface area (Å²) in [5.74, 6) is 2.80. The van der Waals surface area contributed by atoms with Crippen LogP contribution in [0.1, 0.15) is 11.4 Å². The average molecular weight is 389 g/mol. The van der Waals surface area contributed by atoms with Crippen LogP contribution in [0, 0.1) is 0 Å². The molecule has 0 spiro atoms. The van der Waals surface area contributed by atoms with E-state index in [2.05, 4.69) is 33.2 Å². The molecule has 6 nitrogen and oxygen atoms in total. The van der Waals surface area contributed by atoms with E-state index >= 15 is 0 Å². The SMILES string of the molecule is COc1cc(CCc2nc3ncc(-c4ccccc4)cc3[nH]2)cc(OC)c1OC. The van der Waals surface area contributed by atoms with Crippen LogP contribution < -0.4 is 14.2 Å². The second kappa shape index (κ2) is 8.22. The van der Waals surface area contributed by atoms with E-state index in [0.717, 1.165) is 46.5 Å². The molecule has 2 aromatic heterocycles. The molecule has 0 fully saturated rings. The minimum atomic E-state index is 0.597. The van der Waals surface area contributed by atoms with Gasteiger partial charge in [0, 0.05) is 18.2 Å². The predicted molar refractivity (Wildman–Crippen MR) is 113 cm³/mol. The Morgan fingerprint density at radius 1 is 0.828 bits per heavy atom. The highest BCUT2D eigenvalue weighted by atomic mass is 16.5. The fourth-order valence-corrected chi connectivity index (χ4v) is 3.40. The highest BCUT2D eigenvalue weighted by Gasteiger charge is 2.14. The van der Waals surface area contributed by atoms with Crippen molar-refractivity contribution in [2.45, 2.75) is 12.8 Å². The second-order valence-corrected chi connectivity index (χ2v) is 6.68. The first-order chi connectivity index (χ1) is 14.2. The summed E-state index contributed by atoms with van der Waals surface area (Å²) >= 11 is 0. The fourth-order valence-electron chi connectivity index (χ4n) is 3.40. The monoisotopic (exact) mass is 389 g/mol. The first-order valence-corrected chi connectivity index (χ1v) is 9.40. The molecule has 4 rings (SSSR count). The lowest BCUT2D eigenvalue weighted by molar-refractivity contribution is 0.324. The summed E-state index contributed by atoms with van der Waals surface area (Å²) in [6, 6.07) is 16.2. The van der Waals surface area contributed by atoms with Gasteiger partial charge in [0.2, 0.25) is 5.75 Å². The van der Waals surface area contributed by atoms with Gasteiger partial charge in [0.25, 0.3) is 0 Å². The van der Waals surface area contributed by atoms with Crippen LogP contribution in [0.2, 0.25) is 0 Å². The van der Waals surface area contributed by atoms with Gasteiger partial charge in [-0.2, -0.15) is 0 Å². The van der Waals surface area contributed by atoms with Crippen molar-refractivity contribution in [3.05, 3.63) is 66.1 Å². The van der Waals surface area contributed by atoms with Gasteiger partial charge >= 0.3 is 0 Å². The van der Waals surface area contributed by atoms with Gasteiger partial charge in [-0.15, -0.1) is 0 Å². The van der Waals surface area contributed by atoms with Crippen molar-refractivity contribution in [3.8, 4) is 28.4 Å². The Labute approximate surface area is 169 Å². The van der Waals surface area contributed by atoms with Crippen molar-refractivity contribution in [2.75, 3.05) is 21.3 Å². The third-order valence-corrected chi connectivity index (χ3v) is 4.87. The number of rotatable bonds is 7. The lowest BCUT2D eigenvalue weighted by atomic mass is 10.1. The molecular formula is C23H23N3O3. The van der Waals surface area contributed by atoms with E-state index < -0.39 is 0 Å². The Morgan fingerprint density at radius 3 is 2.21 bits per heavy atom. The number of fused-ring (bicyclic) bond motifs is 1. The Bertz CT molecular complexity index is 1100. The van der Waals surface area contributed by atoms with Crippen LogP contribution in [0.15, 0.2) is 54.7 Å². The number of H-pyrrole nitrogens is 1. The van der Waals surface area contributed by atoms with Crippen LogP contribution in [0.5, 0.6) is 17.2 Å². The molecule has 148 valence electrons. The lowest BCUT2D eigenvalue weighted by Gasteiger charge is -2.13. The standard InChI is InChI=1S/C23H23N3O3/c1-27-19-11-15(12-20(28-2)22(19)29-3)9-10-21-25-18-13-17(14-24-23(18)26-21)16-7-5-4-6-8-16/h4-8,11-14H,9-10H2,1-3H3,(H,24,25,26). The molecule has 0 bridgehead atoms. The number of hydrogen-bond donors (Lipinski definition) is 1. The summed E-state index contributed by atoms with van der Waals surface area (Å²) in [5, 5.41) is 0. The summed E-state index contributed by atoms with van der Waals surface area (Å²) in [7, 11) is 4.85. The van der Waals surface area contributed by atoms with Crippen LogP contribution in [0.25, 0.3) is 22.3 Å². The van der Waals surface area contributed by atoms with Gasteiger partial charge in [-0.05, 0) is 35.7 Å². The van der Waals surface area contributed by atoms with Gasteiger partial charge in [0.1, 0.15) is 5.82 Å². The highest BCUT2D eigenvalue weighted by molar-refractivity contribution is 5.78. The smallest absolute Gasteiger partial charge is 0.203 e. The molecule has 0 amide bonds. The van der Waals surface area contributed by atoms with Crippen LogP contribution in [-0.4, -0.2) is 36.3 Å². The van der Waals surface area contributed by atoms with E-state index in [0.29, 0.717) is 17.2 Å². The van der Waals surface area contributed by atoms with Crippen molar-refractivity contribution in [1.29, 1.82) is 0 Å². The minimum Gasteiger partial charge on any atom is -0.493 e. The largest absolute Gasteiger partial charge is 0.493 e. The van der Waals surface area contributed by atoms with Crippen molar-refractivity contribution in [3.63, 3.8) is 0 Å². The van der Waals surface area contributed by atoms with Gasteiger partial charge < -0.3 is 19.2 Å².